The molecule has 0 bridgehead atoms. The third-order valence-electron chi connectivity index (χ3n) is 3.46. The zero-order chi connectivity index (χ0) is 13.1. The van der Waals surface area contributed by atoms with E-state index >= 15 is 0 Å². The Labute approximate surface area is 113 Å². The second-order valence-corrected chi connectivity index (χ2v) is 4.95. The number of benzene rings is 1. The lowest BCUT2D eigenvalue weighted by atomic mass is 10.2. The molecule has 5 nitrogen and oxygen atoms in total. The molecule has 1 aliphatic heterocycles. The van der Waals surface area contributed by atoms with Crippen LogP contribution < -0.4 is 10.2 Å². The van der Waals surface area contributed by atoms with Crippen LogP contribution in [0.25, 0.3) is 0 Å². The number of nitrogens with one attached hydrogen (secondary N) is 1. The molecule has 100 valence electrons. The van der Waals surface area contributed by atoms with Gasteiger partial charge in [0.05, 0.1) is 17.9 Å². The van der Waals surface area contributed by atoms with Gasteiger partial charge in [0, 0.05) is 26.3 Å². The molecule has 0 unspecified atom stereocenters. The molecule has 2 heterocycles. The van der Waals surface area contributed by atoms with Crippen LogP contribution in [0.2, 0.25) is 0 Å². The van der Waals surface area contributed by atoms with Crippen molar-refractivity contribution >= 4 is 11.4 Å². The lowest BCUT2D eigenvalue weighted by Gasteiger charge is -2.21. The molecule has 0 atom stereocenters. The van der Waals surface area contributed by atoms with Crippen molar-refractivity contribution in [3.8, 4) is 0 Å². The lowest BCUT2D eigenvalue weighted by Crippen LogP contribution is -2.19. The third kappa shape index (κ3) is 2.70. The van der Waals surface area contributed by atoms with E-state index in [4.69, 9.17) is 0 Å². The summed E-state index contributed by atoms with van der Waals surface area (Å²) in [6.45, 7) is 3.02. The molecule has 0 aliphatic carbocycles. The topological polar surface area (TPSA) is 46.0 Å². The fourth-order valence-corrected chi connectivity index (χ4v) is 2.52. The summed E-state index contributed by atoms with van der Waals surface area (Å²) >= 11 is 0. The fourth-order valence-electron chi connectivity index (χ4n) is 2.52. The molecule has 2 aromatic rings. The van der Waals surface area contributed by atoms with Crippen LogP contribution in [-0.4, -0.2) is 28.1 Å². The Morgan fingerprint density at radius 2 is 2.00 bits per heavy atom. The van der Waals surface area contributed by atoms with Crippen molar-refractivity contribution in [3.05, 3.63) is 36.2 Å². The molecular formula is C14H19N5. The minimum absolute atomic E-state index is 0.707. The average Bonchev–Trinajstić information content (AvgIpc) is 3.08. The van der Waals surface area contributed by atoms with E-state index in [1.54, 1.807) is 4.68 Å². The maximum atomic E-state index is 4.09. The maximum absolute atomic E-state index is 4.09. The summed E-state index contributed by atoms with van der Waals surface area (Å²) in [6.07, 6.45) is 4.52. The normalized spacial score (nSPS) is 14.9. The number of aryl methyl sites for hydroxylation is 1. The smallest absolute Gasteiger partial charge is 0.102 e. The van der Waals surface area contributed by atoms with Gasteiger partial charge in [-0.25, -0.2) is 0 Å². The van der Waals surface area contributed by atoms with Crippen LogP contribution in [0.3, 0.4) is 0 Å². The summed E-state index contributed by atoms with van der Waals surface area (Å²) in [6, 6.07) is 8.48. The predicted octanol–water partition coefficient (Wildman–Crippen LogP) is 2.03. The second kappa shape index (κ2) is 5.30. The molecule has 0 saturated carbocycles. The highest BCUT2D eigenvalue weighted by molar-refractivity contribution is 5.70. The molecule has 5 heteroatoms. The van der Waals surface area contributed by atoms with Crippen LogP contribution in [0.15, 0.2) is 30.5 Å². The van der Waals surface area contributed by atoms with E-state index in [1.165, 1.54) is 24.2 Å². The monoisotopic (exact) mass is 257 g/mol. The molecule has 3 rings (SSSR count). The SMILES string of the molecule is Cn1cc(CNc2ccccc2N2CCCC2)nn1. The standard InChI is InChI=1S/C14H19N5/c1-18-11-12(16-17-18)10-15-13-6-2-3-7-14(13)19-8-4-5-9-19/h2-3,6-7,11,15H,4-5,8-10H2,1H3. The number of para-hydroxylation sites is 2. The molecule has 0 radical (unpaired) electrons. The maximum Gasteiger partial charge on any atom is 0.102 e. The molecule has 0 amide bonds. The van der Waals surface area contributed by atoms with Crippen LogP contribution in [0.5, 0.6) is 0 Å². The van der Waals surface area contributed by atoms with Crippen molar-refractivity contribution < 1.29 is 0 Å². The van der Waals surface area contributed by atoms with Crippen molar-refractivity contribution in [1.29, 1.82) is 0 Å². The Bertz CT molecular complexity index is 542. The molecular weight excluding hydrogens is 238 g/mol. The van der Waals surface area contributed by atoms with Crippen molar-refractivity contribution in [3.63, 3.8) is 0 Å². The summed E-state index contributed by atoms with van der Waals surface area (Å²) in [5, 5.41) is 11.5. The summed E-state index contributed by atoms with van der Waals surface area (Å²) < 4.78 is 1.73. The van der Waals surface area contributed by atoms with Gasteiger partial charge in [0.15, 0.2) is 0 Å². The van der Waals surface area contributed by atoms with E-state index in [0.717, 1.165) is 18.8 Å². The van der Waals surface area contributed by atoms with Gasteiger partial charge in [-0.1, -0.05) is 17.3 Å². The van der Waals surface area contributed by atoms with E-state index in [9.17, 15) is 0 Å². The van der Waals surface area contributed by atoms with Crippen LogP contribution in [0, 0.1) is 0 Å². The Hall–Kier alpha value is -2.04. The molecule has 1 aromatic carbocycles. The van der Waals surface area contributed by atoms with Crippen molar-refractivity contribution in [2.75, 3.05) is 23.3 Å². The van der Waals surface area contributed by atoms with E-state index in [1.807, 2.05) is 13.2 Å². The highest BCUT2D eigenvalue weighted by atomic mass is 15.4. The quantitative estimate of drug-likeness (QED) is 0.910. The molecule has 0 spiro atoms. The zero-order valence-corrected chi connectivity index (χ0v) is 11.2. The summed E-state index contributed by atoms with van der Waals surface area (Å²) in [5.74, 6) is 0. The van der Waals surface area contributed by atoms with E-state index in [0.29, 0.717) is 6.54 Å². The van der Waals surface area contributed by atoms with Gasteiger partial charge in [-0.15, -0.1) is 5.10 Å². The highest BCUT2D eigenvalue weighted by Crippen LogP contribution is 2.28. The Balaban J connectivity index is 1.73. The van der Waals surface area contributed by atoms with Gasteiger partial charge in [-0.05, 0) is 25.0 Å². The van der Waals surface area contributed by atoms with Crippen molar-refractivity contribution in [1.82, 2.24) is 15.0 Å². The average molecular weight is 257 g/mol. The zero-order valence-electron chi connectivity index (χ0n) is 11.2. The number of aromatic nitrogens is 3. The fraction of sp³-hybridized carbons (Fsp3) is 0.429. The number of nitrogens with zero attached hydrogens (tertiary/aromatic N) is 4. The first-order valence-electron chi connectivity index (χ1n) is 6.76. The highest BCUT2D eigenvalue weighted by Gasteiger charge is 2.15. The van der Waals surface area contributed by atoms with Gasteiger partial charge in [-0.2, -0.15) is 0 Å². The number of hydrogen-bond acceptors (Lipinski definition) is 4. The van der Waals surface area contributed by atoms with Gasteiger partial charge in [0.2, 0.25) is 0 Å². The van der Waals surface area contributed by atoms with Crippen LogP contribution in [-0.2, 0) is 13.6 Å². The van der Waals surface area contributed by atoms with Gasteiger partial charge < -0.3 is 10.2 Å². The molecule has 1 N–H and O–H groups in total. The minimum atomic E-state index is 0.707. The first kappa shape index (κ1) is 12.0. The Morgan fingerprint density at radius 1 is 1.21 bits per heavy atom. The second-order valence-electron chi connectivity index (χ2n) is 4.95. The van der Waals surface area contributed by atoms with E-state index in [-0.39, 0.29) is 0 Å². The summed E-state index contributed by atoms with van der Waals surface area (Å²) in [5.41, 5.74) is 3.43. The van der Waals surface area contributed by atoms with Crippen LogP contribution in [0.1, 0.15) is 18.5 Å². The van der Waals surface area contributed by atoms with E-state index < -0.39 is 0 Å². The van der Waals surface area contributed by atoms with Crippen molar-refractivity contribution in [2.24, 2.45) is 7.05 Å². The molecule has 1 aliphatic rings. The predicted molar refractivity (Wildman–Crippen MR) is 76.2 cm³/mol. The van der Waals surface area contributed by atoms with Gasteiger partial charge in [0.1, 0.15) is 5.69 Å². The van der Waals surface area contributed by atoms with Gasteiger partial charge >= 0.3 is 0 Å². The van der Waals surface area contributed by atoms with E-state index in [2.05, 4.69) is 44.8 Å². The van der Waals surface area contributed by atoms with Crippen LogP contribution in [0.4, 0.5) is 11.4 Å². The van der Waals surface area contributed by atoms with Gasteiger partial charge in [0.25, 0.3) is 0 Å². The molecule has 1 aromatic heterocycles. The summed E-state index contributed by atoms with van der Waals surface area (Å²) in [7, 11) is 1.88. The number of hydrogen-bond donors (Lipinski definition) is 1. The Kier molecular flexibility index (Phi) is 3.35. The molecule has 1 saturated heterocycles. The third-order valence-corrected chi connectivity index (χ3v) is 3.46. The minimum Gasteiger partial charge on any atom is -0.378 e. The first-order valence-corrected chi connectivity index (χ1v) is 6.76. The van der Waals surface area contributed by atoms with Gasteiger partial charge in [-0.3, -0.25) is 4.68 Å². The molecule has 19 heavy (non-hydrogen) atoms. The van der Waals surface area contributed by atoms with Crippen LogP contribution >= 0.6 is 0 Å². The largest absolute Gasteiger partial charge is 0.378 e. The number of anilines is 2. The van der Waals surface area contributed by atoms with Crippen molar-refractivity contribution in [2.45, 2.75) is 19.4 Å². The Morgan fingerprint density at radius 3 is 2.74 bits per heavy atom. The first-order chi connectivity index (χ1) is 9.33. The molecule has 1 fully saturated rings. The lowest BCUT2D eigenvalue weighted by molar-refractivity contribution is 0.713. The number of rotatable bonds is 4. The summed E-state index contributed by atoms with van der Waals surface area (Å²) in [4.78, 5) is 2.44.